The highest BCUT2D eigenvalue weighted by Gasteiger charge is 2.10. The molecule has 2 aromatic carbocycles. The highest BCUT2D eigenvalue weighted by atomic mass is 79.9. The van der Waals surface area contributed by atoms with Gasteiger partial charge in [0.1, 0.15) is 0 Å². The lowest BCUT2D eigenvalue weighted by Crippen LogP contribution is -2.28. The Labute approximate surface area is 135 Å². The molecule has 0 aliphatic heterocycles. The number of carbonyl (C=O) groups is 1. The maximum absolute atomic E-state index is 12.0. The van der Waals surface area contributed by atoms with Crippen molar-refractivity contribution in [1.82, 2.24) is 5.32 Å². The van der Waals surface area contributed by atoms with Crippen LogP contribution >= 0.6 is 31.9 Å². The first kappa shape index (κ1) is 15.3. The maximum atomic E-state index is 12.0. The lowest BCUT2D eigenvalue weighted by atomic mass is 10.1. The molecule has 104 valence electrons. The molecule has 0 heterocycles. The first-order valence-corrected chi connectivity index (χ1v) is 7.92. The minimum Gasteiger partial charge on any atom is -0.349 e. The van der Waals surface area contributed by atoms with Crippen LogP contribution in [0.5, 0.6) is 0 Å². The van der Waals surface area contributed by atoms with Gasteiger partial charge in [-0.3, -0.25) is 4.79 Å². The molecule has 1 atom stereocenters. The third kappa shape index (κ3) is 4.46. The summed E-state index contributed by atoms with van der Waals surface area (Å²) < 4.78 is 2.04. The number of hydrogen-bond donors (Lipinski definition) is 1. The van der Waals surface area contributed by atoms with Crippen molar-refractivity contribution in [3.8, 4) is 0 Å². The van der Waals surface area contributed by atoms with Gasteiger partial charge >= 0.3 is 0 Å². The fourth-order valence-corrected chi connectivity index (χ4v) is 2.62. The molecule has 1 amide bonds. The van der Waals surface area contributed by atoms with E-state index in [1.54, 1.807) is 0 Å². The van der Waals surface area contributed by atoms with Gasteiger partial charge in [-0.05, 0) is 42.3 Å². The van der Waals surface area contributed by atoms with Gasteiger partial charge in [-0.15, -0.1) is 0 Å². The fraction of sp³-hybridized carbons (Fsp3) is 0.188. The predicted molar refractivity (Wildman–Crippen MR) is 88.5 cm³/mol. The van der Waals surface area contributed by atoms with Crippen molar-refractivity contribution in [3.05, 3.63) is 68.6 Å². The molecule has 1 N–H and O–H groups in total. The standard InChI is InChI=1S/C16H15Br2NO/c1-11(13-3-2-4-15(18)10-13)19-16(20)9-12-5-7-14(17)8-6-12/h2-8,10-11H,9H2,1H3,(H,19,20). The summed E-state index contributed by atoms with van der Waals surface area (Å²) in [6.45, 7) is 1.99. The average Bonchev–Trinajstić information content (AvgIpc) is 2.41. The highest BCUT2D eigenvalue weighted by molar-refractivity contribution is 9.10. The van der Waals surface area contributed by atoms with Gasteiger partial charge < -0.3 is 5.32 Å². The molecule has 0 aliphatic rings. The topological polar surface area (TPSA) is 29.1 Å². The first-order valence-electron chi connectivity index (χ1n) is 6.34. The largest absolute Gasteiger partial charge is 0.349 e. The van der Waals surface area contributed by atoms with Crippen molar-refractivity contribution in [2.75, 3.05) is 0 Å². The van der Waals surface area contributed by atoms with Gasteiger partial charge in [-0.1, -0.05) is 56.1 Å². The molecule has 0 bridgehead atoms. The summed E-state index contributed by atoms with van der Waals surface area (Å²) in [5, 5.41) is 3.01. The van der Waals surface area contributed by atoms with Crippen LogP contribution in [-0.4, -0.2) is 5.91 Å². The van der Waals surface area contributed by atoms with Gasteiger partial charge in [0, 0.05) is 8.95 Å². The number of halogens is 2. The van der Waals surface area contributed by atoms with Gasteiger partial charge in [0.25, 0.3) is 0 Å². The highest BCUT2D eigenvalue weighted by Crippen LogP contribution is 2.18. The van der Waals surface area contributed by atoms with E-state index in [-0.39, 0.29) is 11.9 Å². The predicted octanol–water partition coefficient (Wildman–Crippen LogP) is 4.63. The summed E-state index contributed by atoms with van der Waals surface area (Å²) in [7, 11) is 0. The molecule has 2 rings (SSSR count). The second kappa shape index (κ2) is 7.04. The Morgan fingerprint density at radius 2 is 1.80 bits per heavy atom. The van der Waals surface area contributed by atoms with Crippen molar-refractivity contribution in [3.63, 3.8) is 0 Å². The molecule has 4 heteroatoms. The van der Waals surface area contributed by atoms with Crippen molar-refractivity contribution < 1.29 is 4.79 Å². The van der Waals surface area contributed by atoms with E-state index in [9.17, 15) is 4.79 Å². The number of benzene rings is 2. The van der Waals surface area contributed by atoms with Crippen molar-refractivity contribution >= 4 is 37.8 Å². The van der Waals surface area contributed by atoms with Crippen molar-refractivity contribution in [2.24, 2.45) is 0 Å². The molecular formula is C16H15Br2NO. The third-order valence-corrected chi connectivity index (χ3v) is 4.03. The van der Waals surface area contributed by atoms with Crippen molar-refractivity contribution in [1.29, 1.82) is 0 Å². The second-order valence-corrected chi connectivity index (χ2v) is 6.48. The zero-order valence-corrected chi connectivity index (χ0v) is 14.2. The zero-order chi connectivity index (χ0) is 14.5. The lowest BCUT2D eigenvalue weighted by Gasteiger charge is -2.14. The Kier molecular flexibility index (Phi) is 5.38. The minimum atomic E-state index is -0.00421. The van der Waals surface area contributed by atoms with Crippen LogP contribution in [0.25, 0.3) is 0 Å². The van der Waals surface area contributed by atoms with Crippen LogP contribution in [0, 0.1) is 0 Å². The summed E-state index contributed by atoms with van der Waals surface area (Å²) in [5.74, 6) is 0.0276. The van der Waals surface area contributed by atoms with E-state index < -0.39 is 0 Å². The average molecular weight is 397 g/mol. The summed E-state index contributed by atoms with van der Waals surface area (Å²) in [5.41, 5.74) is 2.09. The molecular weight excluding hydrogens is 382 g/mol. The summed E-state index contributed by atoms with van der Waals surface area (Å²) >= 11 is 6.82. The molecule has 0 spiro atoms. The van der Waals surface area contributed by atoms with E-state index in [1.807, 2.05) is 55.5 Å². The quantitative estimate of drug-likeness (QED) is 0.801. The van der Waals surface area contributed by atoms with Crippen molar-refractivity contribution in [2.45, 2.75) is 19.4 Å². The van der Waals surface area contributed by atoms with E-state index in [1.165, 1.54) is 0 Å². The third-order valence-electron chi connectivity index (χ3n) is 3.00. The van der Waals surface area contributed by atoms with Crippen LogP contribution in [0.15, 0.2) is 57.5 Å². The molecule has 0 fully saturated rings. The van der Waals surface area contributed by atoms with Crippen LogP contribution in [0.3, 0.4) is 0 Å². The monoisotopic (exact) mass is 395 g/mol. The second-order valence-electron chi connectivity index (χ2n) is 4.65. The summed E-state index contributed by atoms with van der Waals surface area (Å²) in [4.78, 5) is 12.0. The van der Waals surface area contributed by atoms with Gasteiger partial charge in [0.2, 0.25) is 5.91 Å². The van der Waals surface area contributed by atoms with Gasteiger partial charge in [-0.2, -0.15) is 0 Å². The van der Waals surface area contributed by atoms with E-state index in [2.05, 4.69) is 37.2 Å². The Bertz CT molecular complexity index is 596. The normalized spacial score (nSPS) is 11.9. The molecule has 2 aromatic rings. The van der Waals surface area contributed by atoms with Crippen LogP contribution in [0.4, 0.5) is 0 Å². The smallest absolute Gasteiger partial charge is 0.224 e. The molecule has 0 aliphatic carbocycles. The minimum absolute atomic E-state index is 0.00421. The SMILES string of the molecule is CC(NC(=O)Cc1ccc(Br)cc1)c1cccc(Br)c1. The maximum Gasteiger partial charge on any atom is 0.224 e. The number of amides is 1. The molecule has 0 aromatic heterocycles. The summed E-state index contributed by atoms with van der Waals surface area (Å²) in [6.07, 6.45) is 0.394. The number of rotatable bonds is 4. The molecule has 1 unspecified atom stereocenters. The van der Waals surface area contributed by atoms with Gasteiger partial charge in [0.15, 0.2) is 0 Å². The van der Waals surface area contributed by atoms with E-state index in [4.69, 9.17) is 0 Å². The Morgan fingerprint density at radius 3 is 2.45 bits per heavy atom. The number of carbonyl (C=O) groups excluding carboxylic acids is 1. The number of nitrogens with one attached hydrogen (secondary N) is 1. The Morgan fingerprint density at radius 1 is 1.10 bits per heavy atom. The Hall–Kier alpha value is -1.13. The zero-order valence-electron chi connectivity index (χ0n) is 11.1. The molecule has 2 nitrogen and oxygen atoms in total. The number of hydrogen-bond acceptors (Lipinski definition) is 1. The summed E-state index contributed by atoms with van der Waals surface area (Å²) in [6, 6.07) is 15.8. The van der Waals surface area contributed by atoms with Crippen LogP contribution < -0.4 is 5.32 Å². The van der Waals surface area contributed by atoms with Gasteiger partial charge in [-0.25, -0.2) is 0 Å². The molecule has 20 heavy (non-hydrogen) atoms. The fourth-order valence-electron chi connectivity index (χ4n) is 1.94. The van der Waals surface area contributed by atoms with E-state index >= 15 is 0 Å². The van der Waals surface area contributed by atoms with E-state index in [0.717, 1.165) is 20.1 Å². The van der Waals surface area contributed by atoms with Crippen LogP contribution in [-0.2, 0) is 11.2 Å². The molecule has 0 radical (unpaired) electrons. The van der Waals surface area contributed by atoms with Crippen LogP contribution in [0.2, 0.25) is 0 Å². The van der Waals surface area contributed by atoms with Gasteiger partial charge in [0.05, 0.1) is 12.5 Å². The van der Waals surface area contributed by atoms with E-state index in [0.29, 0.717) is 6.42 Å². The lowest BCUT2D eigenvalue weighted by molar-refractivity contribution is -0.121. The first-order chi connectivity index (χ1) is 9.54. The molecule has 0 saturated heterocycles. The van der Waals surface area contributed by atoms with Crippen LogP contribution in [0.1, 0.15) is 24.1 Å². The Balaban J connectivity index is 1.95. The molecule has 0 saturated carbocycles.